The lowest BCUT2D eigenvalue weighted by molar-refractivity contribution is -0.137. The second-order valence-corrected chi connectivity index (χ2v) is 11.0. The summed E-state index contributed by atoms with van der Waals surface area (Å²) in [5, 5.41) is 12.3. The number of methoxy groups -OCH3 is 1. The van der Waals surface area contributed by atoms with Gasteiger partial charge in [-0.3, -0.25) is 14.4 Å². The Morgan fingerprint density at radius 2 is 1.24 bits per heavy atom. The number of esters is 1. The molecule has 0 atom stereocenters. The van der Waals surface area contributed by atoms with E-state index in [9.17, 15) is 24.3 Å². The molecule has 5 aromatic carbocycles. The average molecular weight is 659 g/mol. The van der Waals surface area contributed by atoms with Crippen molar-refractivity contribution in [3.63, 3.8) is 0 Å². The number of ether oxygens (including phenoxy) is 3. The number of anilines is 1. The highest BCUT2D eigenvalue weighted by Crippen LogP contribution is 2.20. The van der Waals surface area contributed by atoms with Gasteiger partial charge in [-0.05, 0) is 89.5 Å². The van der Waals surface area contributed by atoms with Gasteiger partial charge in [0.15, 0.2) is 0 Å². The minimum Gasteiger partial charge on any atom is -0.497 e. The van der Waals surface area contributed by atoms with Crippen LogP contribution in [0.1, 0.15) is 37.4 Å². The monoisotopic (exact) mass is 658 g/mol. The molecule has 10 heteroatoms. The first kappa shape index (κ1) is 33.9. The van der Waals surface area contributed by atoms with Crippen molar-refractivity contribution in [3.8, 4) is 17.2 Å². The fourth-order valence-corrected chi connectivity index (χ4v) is 4.85. The molecule has 5 rings (SSSR count). The Morgan fingerprint density at radius 1 is 0.653 bits per heavy atom. The third-order valence-electron chi connectivity index (χ3n) is 7.40. The van der Waals surface area contributed by atoms with Gasteiger partial charge < -0.3 is 29.5 Å². The molecule has 0 saturated heterocycles. The van der Waals surface area contributed by atoms with Gasteiger partial charge in [0, 0.05) is 17.8 Å². The summed E-state index contributed by atoms with van der Waals surface area (Å²) < 4.78 is 16.4. The quantitative estimate of drug-likeness (QED) is 0.104. The Bertz CT molecular complexity index is 1870. The number of carboxylic acids is 1. The van der Waals surface area contributed by atoms with E-state index in [1.165, 1.54) is 17.0 Å². The molecule has 0 fully saturated rings. The number of amides is 2. The first-order valence-corrected chi connectivity index (χ1v) is 15.4. The minimum absolute atomic E-state index is 0.00412. The van der Waals surface area contributed by atoms with Crippen LogP contribution in [0.2, 0.25) is 0 Å². The van der Waals surface area contributed by atoms with Crippen molar-refractivity contribution in [2.45, 2.75) is 19.6 Å². The van der Waals surface area contributed by atoms with E-state index in [0.29, 0.717) is 40.7 Å². The summed E-state index contributed by atoms with van der Waals surface area (Å²) in [6.07, 6.45) is 0.160. The molecule has 0 unspecified atom stereocenters. The molecular weight excluding hydrogens is 624 g/mol. The summed E-state index contributed by atoms with van der Waals surface area (Å²) >= 11 is 0. The zero-order chi connectivity index (χ0) is 34.6. The largest absolute Gasteiger partial charge is 0.497 e. The minimum atomic E-state index is -1.17. The molecule has 2 amide bonds. The van der Waals surface area contributed by atoms with Gasteiger partial charge in [-0.2, -0.15) is 0 Å². The predicted octanol–water partition coefficient (Wildman–Crippen LogP) is 6.40. The van der Waals surface area contributed by atoms with Crippen LogP contribution >= 0.6 is 0 Å². The summed E-state index contributed by atoms with van der Waals surface area (Å²) in [5.74, 6) is -0.836. The molecule has 0 aliphatic carbocycles. The van der Waals surface area contributed by atoms with Crippen LogP contribution in [-0.2, 0) is 29.2 Å². The molecule has 0 aliphatic heterocycles. The van der Waals surface area contributed by atoms with Gasteiger partial charge in [0.05, 0.1) is 19.1 Å². The van der Waals surface area contributed by atoms with Crippen molar-refractivity contribution in [1.82, 2.24) is 4.90 Å². The third-order valence-corrected chi connectivity index (χ3v) is 7.40. The fourth-order valence-electron chi connectivity index (χ4n) is 4.85. The first-order valence-electron chi connectivity index (χ1n) is 15.4. The van der Waals surface area contributed by atoms with E-state index < -0.39 is 24.4 Å². The number of aliphatic carboxylic acids is 1. The number of rotatable bonds is 14. The summed E-state index contributed by atoms with van der Waals surface area (Å²) in [5.41, 5.74) is 3.59. The molecule has 5 aromatic rings. The Hall–Kier alpha value is -6.42. The highest BCUT2D eigenvalue weighted by Gasteiger charge is 2.20. The Balaban J connectivity index is 1.14. The number of hydrogen-bond acceptors (Lipinski definition) is 7. The predicted molar refractivity (Wildman–Crippen MR) is 183 cm³/mol. The molecule has 0 aromatic heterocycles. The number of carbonyl (C=O) groups is 4. The van der Waals surface area contributed by atoms with E-state index in [-0.39, 0.29) is 24.4 Å². The van der Waals surface area contributed by atoms with E-state index in [2.05, 4.69) is 5.32 Å². The molecule has 10 nitrogen and oxygen atoms in total. The zero-order valence-corrected chi connectivity index (χ0v) is 26.7. The lowest BCUT2D eigenvalue weighted by atomic mass is 10.1. The van der Waals surface area contributed by atoms with Crippen molar-refractivity contribution in [2.75, 3.05) is 19.0 Å². The Kier molecular flexibility index (Phi) is 11.4. The second-order valence-electron chi connectivity index (χ2n) is 11.0. The topological polar surface area (TPSA) is 131 Å². The van der Waals surface area contributed by atoms with Crippen molar-refractivity contribution >= 4 is 29.4 Å². The average Bonchev–Trinajstić information content (AvgIpc) is 3.12. The van der Waals surface area contributed by atoms with Crippen LogP contribution < -0.4 is 19.5 Å². The number of nitrogens with one attached hydrogen (secondary N) is 1. The maximum atomic E-state index is 13.3. The summed E-state index contributed by atoms with van der Waals surface area (Å²) in [6, 6.07) is 36.3. The van der Waals surface area contributed by atoms with Crippen molar-refractivity contribution in [3.05, 3.63) is 155 Å². The van der Waals surface area contributed by atoms with Crippen molar-refractivity contribution in [2.24, 2.45) is 0 Å². The summed E-state index contributed by atoms with van der Waals surface area (Å²) in [4.78, 5) is 51.3. The molecule has 0 aliphatic rings. The molecule has 0 heterocycles. The van der Waals surface area contributed by atoms with Gasteiger partial charge >= 0.3 is 11.9 Å². The molecule has 0 spiro atoms. The molecule has 49 heavy (non-hydrogen) atoms. The zero-order valence-electron chi connectivity index (χ0n) is 26.7. The highest BCUT2D eigenvalue weighted by atomic mass is 16.5. The number of carbonyl (C=O) groups excluding carboxylic acids is 3. The molecular formula is C39H34N2O8. The fraction of sp³-hybridized carbons (Fsp3) is 0.128. The number of benzene rings is 5. The van der Waals surface area contributed by atoms with Crippen LogP contribution in [-0.4, -0.2) is 47.4 Å². The number of nitrogens with zero attached hydrogens (tertiary/aromatic N) is 1. The van der Waals surface area contributed by atoms with E-state index in [1.807, 2.05) is 30.3 Å². The van der Waals surface area contributed by atoms with Gasteiger partial charge in [-0.1, -0.05) is 54.6 Å². The number of hydrogen-bond donors (Lipinski definition) is 2. The smallest absolute Gasteiger partial charge is 0.343 e. The lowest BCUT2D eigenvalue weighted by Crippen LogP contribution is -2.35. The lowest BCUT2D eigenvalue weighted by Gasteiger charge is -2.21. The van der Waals surface area contributed by atoms with Crippen LogP contribution in [0.4, 0.5) is 5.69 Å². The van der Waals surface area contributed by atoms with Gasteiger partial charge in [-0.15, -0.1) is 0 Å². The standard InChI is InChI=1S/C39H34N2O8/c1-47-33-17-7-27(8-18-33)23-36(42)40-32-15-11-30(12-16-32)38(45)41(25-37(43)44)24-28-9-19-35(20-10-28)49-39(46)31-13-21-34(22-14-31)48-26-29-5-3-2-4-6-29/h2-22H,23-26H2,1H3,(H,40,42)(H,43,44). The van der Waals surface area contributed by atoms with Gasteiger partial charge in [0.25, 0.3) is 5.91 Å². The molecule has 0 bridgehead atoms. The maximum Gasteiger partial charge on any atom is 0.343 e. The van der Waals surface area contributed by atoms with Crippen LogP contribution in [0.15, 0.2) is 127 Å². The van der Waals surface area contributed by atoms with Crippen LogP contribution in [0.25, 0.3) is 0 Å². The van der Waals surface area contributed by atoms with E-state index in [0.717, 1.165) is 11.1 Å². The summed E-state index contributed by atoms with van der Waals surface area (Å²) in [7, 11) is 1.57. The van der Waals surface area contributed by atoms with Gasteiger partial charge in [0.2, 0.25) is 5.91 Å². The van der Waals surface area contributed by atoms with Gasteiger partial charge in [0.1, 0.15) is 30.4 Å². The highest BCUT2D eigenvalue weighted by molar-refractivity contribution is 5.97. The molecule has 0 saturated carbocycles. The maximum absolute atomic E-state index is 13.3. The SMILES string of the molecule is COc1ccc(CC(=O)Nc2ccc(C(=O)N(CC(=O)O)Cc3ccc(OC(=O)c4ccc(OCc5ccccc5)cc4)cc3)cc2)cc1. The molecule has 0 radical (unpaired) electrons. The van der Waals surface area contributed by atoms with Crippen LogP contribution in [0.5, 0.6) is 17.2 Å². The van der Waals surface area contributed by atoms with E-state index >= 15 is 0 Å². The van der Waals surface area contributed by atoms with Crippen LogP contribution in [0, 0.1) is 0 Å². The second kappa shape index (κ2) is 16.4. The van der Waals surface area contributed by atoms with E-state index in [1.54, 1.807) is 92.0 Å². The van der Waals surface area contributed by atoms with Crippen molar-refractivity contribution in [1.29, 1.82) is 0 Å². The van der Waals surface area contributed by atoms with Crippen molar-refractivity contribution < 1.29 is 38.5 Å². The third kappa shape index (κ3) is 10.0. The van der Waals surface area contributed by atoms with E-state index in [4.69, 9.17) is 14.2 Å². The Labute approximate surface area is 283 Å². The number of carboxylic acid groups (broad SMARTS) is 1. The Morgan fingerprint density at radius 3 is 1.88 bits per heavy atom. The van der Waals surface area contributed by atoms with Gasteiger partial charge in [-0.25, -0.2) is 4.79 Å². The first-order chi connectivity index (χ1) is 23.7. The van der Waals surface area contributed by atoms with Crippen LogP contribution in [0.3, 0.4) is 0 Å². The molecule has 2 N–H and O–H groups in total. The summed E-state index contributed by atoms with van der Waals surface area (Å²) in [6.45, 7) is -0.115. The molecule has 248 valence electrons. The normalized spacial score (nSPS) is 10.5.